The topological polar surface area (TPSA) is 29.9 Å². The molecule has 2 rings (SSSR count). The molecule has 1 aromatic heterocycles. The van der Waals surface area contributed by atoms with E-state index >= 15 is 0 Å². The fourth-order valence-electron chi connectivity index (χ4n) is 2.36. The fourth-order valence-corrected chi connectivity index (χ4v) is 2.36. The first-order valence-electron chi connectivity index (χ1n) is 6.39. The zero-order chi connectivity index (χ0) is 13.1. The smallest absolute Gasteiger partial charge is 0.0947 e. The molecule has 1 heterocycles. The Hall–Kier alpha value is -1.61. The molecule has 18 heavy (non-hydrogen) atoms. The second-order valence-electron chi connectivity index (χ2n) is 4.88. The van der Waals surface area contributed by atoms with Crippen LogP contribution in [0.4, 0.5) is 0 Å². The third kappa shape index (κ3) is 2.79. The van der Waals surface area contributed by atoms with Crippen LogP contribution in [0.2, 0.25) is 0 Å². The highest BCUT2D eigenvalue weighted by molar-refractivity contribution is 5.34. The predicted octanol–water partition coefficient (Wildman–Crippen LogP) is 2.74. The van der Waals surface area contributed by atoms with Crippen molar-refractivity contribution in [1.29, 1.82) is 0 Å². The second kappa shape index (κ2) is 5.36. The molecule has 1 N–H and O–H groups in total. The molecule has 0 aliphatic heterocycles. The lowest BCUT2D eigenvalue weighted by Crippen LogP contribution is -2.22. The number of hydrogen-bond donors (Lipinski definition) is 1. The van der Waals surface area contributed by atoms with Gasteiger partial charge in [0.2, 0.25) is 0 Å². The van der Waals surface area contributed by atoms with E-state index in [-0.39, 0.29) is 6.04 Å². The summed E-state index contributed by atoms with van der Waals surface area (Å²) in [5.41, 5.74) is 4.95. The maximum absolute atomic E-state index is 4.47. The van der Waals surface area contributed by atoms with Crippen LogP contribution in [0, 0.1) is 13.8 Å². The van der Waals surface area contributed by atoms with Gasteiger partial charge in [-0.1, -0.05) is 36.2 Å². The van der Waals surface area contributed by atoms with Crippen molar-refractivity contribution in [2.45, 2.75) is 26.8 Å². The largest absolute Gasteiger partial charge is 0.340 e. The van der Waals surface area contributed by atoms with Crippen LogP contribution in [-0.2, 0) is 7.05 Å². The van der Waals surface area contributed by atoms with Crippen LogP contribution in [0.3, 0.4) is 0 Å². The Bertz CT molecular complexity index is 508. The Morgan fingerprint density at radius 3 is 2.39 bits per heavy atom. The minimum atomic E-state index is 0.176. The Balaban J connectivity index is 2.40. The first-order valence-corrected chi connectivity index (χ1v) is 6.39. The van der Waals surface area contributed by atoms with Gasteiger partial charge in [0.25, 0.3) is 0 Å². The molecular weight excluding hydrogens is 222 g/mol. The van der Waals surface area contributed by atoms with Crippen LogP contribution >= 0.6 is 0 Å². The van der Waals surface area contributed by atoms with Crippen molar-refractivity contribution in [3.63, 3.8) is 0 Å². The maximum atomic E-state index is 4.47. The summed E-state index contributed by atoms with van der Waals surface area (Å²) < 4.78 is 1.99. The number of nitrogens with one attached hydrogen (secondary N) is 1. The molecule has 1 aromatic carbocycles. The zero-order valence-electron chi connectivity index (χ0n) is 11.6. The number of benzene rings is 1. The van der Waals surface area contributed by atoms with Crippen LogP contribution in [0.25, 0.3) is 0 Å². The monoisotopic (exact) mass is 243 g/mol. The molecule has 1 atom stereocenters. The van der Waals surface area contributed by atoms with E-state index in [0.29, 0.717) is 0 Å². The summed E-state index contributed by atoms with van der Waals surface area (Å²) in [6.45, 7) is 7.32. The summed E-state index contributed by atoms with van der Waals surface area (Å²) in [5, 5.41) is 3.51. The Morgan fingerprint density at radius 1 is 1.22 bits per heavy atom. The summed E-state index contributed by atoms with van der Waals surface area (Å²) in [6, 6.07) is 6.84. The van der Waals surface area contributed by atoms with Crippen molar-refractivity contribution >= 4 is 0 Å². The van der Waals surface area contributed by atoms with Crippen molar-refractivity contribution in [2.75, 3.05) is 6.54 Å². The van der Waals surface area contributed by atoms with E-state index in [4.69, 9.17) is 0 Å². The number of aromatic nitrogens is 2. The summed E-state index contributed by atoms with van der Waals surface area (Å²) in [6.07, 6.45) is 3.92. The first-order chi connectivity index (χ1) is 8.60. The zero-order valence-corrected chi connectivity index (χ0v) is 11.6. The lowest BCUT2D eigenvalue weighted by molar-refractivity contribution is 0.617. The number of nitrogens with zero attached hydrogens (tertiary/aromatic N) is 2. The quantitative estimate of drug-likeness (QED) is 0.895. The van der Waals surface area contributed by atoms with Crippen LogP contribution in [0.5, 0.6) is 0 Å². The number of imidazole rings is 1. The highest BCUT2D eigenvalue weighted by Gasteiger charge is 2.15. The molecule has 0 aliphatic rings. The van der Waals surface area contributed by atoms with Gasteiger partial charge in [0.05, 0.1) is 18.1 Å². The second-order valence-corrected chi connectivity index (χ2v) is 4.88. The van der Waals surface area contributed by atoms with Crippen LogP contribution in [0.1, 0.15) is 35.3 Å². The average molecular weight is 243 g/mol. The third-order valence-corrected chi connectivity index (χ3v) is 3.01. The predicted molar refractivity (Wildman–Crippen MR) is 74.6 cm³/mol. The van der Waals surface area contributed by atoms with Crippen molar-refractivity contribution in [2.24, 2.45) is 7.05 Å². The van der Waals surface area contributed by atoms with E-state index in [9.17, 15) is 0 Å². The molecule has 0 spiro atoms. The third-order valence-electron chi connectivity index (χ3n) is 3.01. The molecule has 1 unspecified atom stereocenters. The molecule has 0 bridgehead atoms. The Kier molecular flexibility index (Phi) is 3.82. The molecule has 0 amide bonds. The first kappa shape index (κ1) is 12.8. The molecular formula is C15H21N3. The molecule has 3 heteroatoms. The Morgan fingerprint density at radius 2 is 1.89 bits per heavy atom. The highest BCUT2D eigenvalue weighted by atomic mass is 15.0. The van der Waals surface area contributed by atoms with E-state index in [2.05, 4.69) is 55.5 Å². The van der Waals surface area contributed by atoms with Gasteiger partial charge in [0.1, 0.15) is 0 Å². The van der Waals surface area contributed by atoms with Gasteiger partial charge in [-0.25, -0.2) is 4.98 Å². The minimum Gasteiger partial charge on any atom is -0.340 e. The van der Waals surface area contributed by atoms with Crippen LogP contribution < -0.4 is 5.32 Å². The van der Waals surface area contributed by atoms with E-state index in [1.807, 2.05) is 17.9 Å². The molecule has 0 radical (unpaired) electrons. The van der Waals surface area contributed by atoms with Crippen LogP contribution in [0.15, 0.2) is 30.7 Å². The maximum Gasteiger partial charge on any atom is 0.0947 e. The summed E-state index contributed by atoms with van der Waals surface area (Å²) >= 11 is 0. The van der Waals surface area contributed by atoms with Gasteiger partial charge < -0.3 is 9.88 Å². The minimum absolute atomic E-state index is 0.176. The average Bonchev–Trinajstić information content (AvgIpc) is 2.71. The number of rotatable bonds is 4. The molecule has 2 aromatic rings. The normalized spacial score (nSPS) is 12.7. The molecule has 3 nitrogen and oxygen atoms in total. The van der Waals surface area contributed by atoms with Crippen molar-refractivity contribution in [3.8, 4) is 0 Å². The Labute approximate surface area is 109 Å². The van der Waals surface area contributed by atoms with Gasteiger partial charge in [0.15, 0.2) is 0 Å². The summed E-state index contributed by atoms with van der Waals surface area (Å²) in [4.78, 5) is 4.47. The number of aryl methyl sites for hydroxylation is 3. The van der Waals surface area contributed by atoms with E-state index in [0.717, 1.165) is 12.2 Å². The van der Waals surface area contributed by atoms with Gasteiger partial charge in [-0.15, -0.1) is 0 Å². The fraction of sp³-hybridized carbons (Fsp3) is 0.400. The summed E-state index contributed by atoms with van der Waals surface area (Å²) in [5.74, 6) is 0. The van der Waals surface area contributed by atoms with Gasteiger partial charge in [-0.05, 0) is 26.0 Å². The molecule has 0 aliphatic carbocycles. The molecule has 0 saturated carbocycles. The van der Waals surface area contributed by atoms with Gasteiger partial charge >= 0.3 is 0 Å². The summed E-state index contributed by atoms with van der Waals surface area (Å²) in [7, 11) is 2.00. The lowest BCUT2D eigenvalue weighted by atomic mass is 9.99. The van der Waals surface area contributed by atoms with Crippen LogP contribution in [-0.4, -0.2) is 16.1 Å². The standard InChI is InChI=1S/C15H21N3/c1-5-16-15(14-9-18(4)10-17-14)13-7-11(2)6-12(3)8-13/h6-10,15-16H,5H2,1-4H3. The van der Waals surface area contributed by atoms with Gasteiger partial charge in [-0.3, -0.25) is 0 Å². The molecule has 0 fully saturated rings. The van der Waals surface area contributed by atoms with Crippen molar-refractivity contribution in [3.05, 3.63) is 53.1 Å². The molecule has 0 saturated heterocycles. The van der Waals surface area contributed by atoms with E-state index < -0.39 is 0 Å². The highest BCUT2D eigenvalue weighted by Crippen LogP contribution is 2.22. The SMILES string of the molecule is CCNC(c1cc(C)cc(C)c1)c1cn(C)cn1. The van der Waals surface area contributed by atoms with Crippen molar-refractivity contribution in [1.82, 2.24) is 14.9 Å². The van der Waals surface area contributed by atoms with E-state index in [1.54, 1.807) is 0 Å². The van der Waals surface area contributed by atoms with Crippen molar-refractivity contribution < 1.29 is 0 Å². The van der Waals surface area contributed by atoms with E-state index in [1.165, 1.54) is 16.7 Å². The van der Waals surface area contributed by atoms with Gasteiger partial charge in [0, 0.05) is 13.2 Å². The number of hydrogen-bond acceptors (Lipinski definition) is 2. The lowest BCUT2D eigenvalue weighted by Gasteiger charge is -2.17. The molecule has 96 valence electrons. The van der Waals surface area contributed by atoms with Gasteiger partial charge in [-0.2, -0.15) is 0 Å².